The van der Waals surface area contributed by atoms with Gasteiger partial charge in [-0.15, -0.1) is 0 Å². The Balaban J connectivity index is 1.72. The van der Waals surface area contributed by atoms with Crippen molar-refractivity contribution in [3.63, 3.8) is 0 Å². The monoisotopic (exact) mass is 427 g/mol. The molecule has 0 bridgehead atoms. The summed E-state index contributed by atoms with van der Waals surface area (Å²) in [6, 6.07) is 4.80. The Morgan fingerprint density at radius 3 is 2.71 bits per heavy atom. The first-order valence-electron chi connectivity index (χ1n) is 9.77. The average Bonchev–Trinajstić information content (AvgIpc) is 2.76. The van der Waals surface area contributed by atoms with Crippen LogP contribution in [0, 0.1) is 18.6 Å². The fourth-order valence-electron chi connectivity index (χ4n) is 3.04. The van der Waals surface area contributed by atoms with Crippen molar-refractivity contribution in [1.29, 1.82) is 0 Å². The average molecular weight is 427 g/mol. The van der Waals surface area contributed by atoms with Gasteiger partial charge in [0.2, 0.25) is 12.2 Å². The molecule has 0 aliphatic carbocycles. The van der Waals surface area contributed by atoms with Crippen LogP contribution in [-0.4, -0.2) is 46.0 Å². The van der Waals surface area contributed by atoms with Gasteiger partial charge in [-0.25, -0.2) is 14.4 Å². The highest BCUT2D eigenvalue weighted by molar-refractivity contribution is 5.60. The summed E-state index contributed by atoms with van der Waals surface area (Å²) in [4.78, 5) is 28.4. The summed E-state index contributed by atoms with van der Waals surface area (Å²) in [5, 5.41) is 5.41. The molecule has 3 rings (SSSR count). The summed E-state index contributed by atoms with van der Waals surface area (Å²) in [6.07, 6.45) is 4.98. The molecular weight excluding hydrogens is 404 g/mol. The first-order chi connectivity index (χ1) is 15.0. The molecule has 0 aliphatic heterocycles. The Bertz CT molecular complexity index is 1050. The van der Waals surface area contributed by atoms with Gasteiger partial charge in [-0.2, -0.15) is 4.39 Å². The van der Waals surface area contributed by atoms with Crippen LogP contribution < -0.4 is 15.5 Å². The maximum absolute atomic E-state index is 14.9. The SMILES string of the molecule is CCN(CCNC=O)c1ncnc(NCc2cnc(-c3ccnc(C)c3)c(F)c2)c1F. The number of nitrogens with one attached hydrogen (secondary N) is 2. The molecule has 0 saturated carbocycles. The molecule has 8 nitrogen and oxygen atoms in total. The Morgan fingerprint density at radius 2 is 2.00 bits per heavy atom. The predicted molar refractivity (Wildman–Crippen MR) is 113 cm³/mol. The predicted octanol–water partition coefficient (Wildman–Crippen LogP) is 2.70. The van der Waals surface area contributed by atoms with Crippen LogP contribution in [0.3, 0.4) is 0 Å². The number of aryl methyl sites for hydroxylation is 1. The van der Waals surface area contributed by atoms with Gasteiger partial charge in [-0.3, -0.25) is 14.8 Å². The molecule has 0 unspecified atom stereocenters. The number of nitrogens with zero attached hydrogens (tertiary/aromatic N) is 5. The van der Waals surface area contributed by atoms with Gasteiger partial charge in [0.15, 0.2) is 11.6 Å². The number of pyridine rings is 2. The van der Waals surface area contributed by atoms with Crippen molar-refractivity contribution < 1.29 is 13.6 Å². The Hall–Kier alpha value is -3.69. The van der Waals surface area contributed by atoms with Crippen LogP contribution in [0.5, 0.6) is 0 Å². The van der Waals surface area contributed by atoms with Crippen molar-refractivity contribution in [3.05, 3.63) is 59.8 Å². The van der Waals surface area contributed by atoms with E-state index in [4.69, 9.17) is 0 Å². The molecular formula is C21H23F2N7O. The molecule has 0 spiro atoms. The third-order valence-electron chi connectivity index (χ3n) is 4.59. The van der Waals surface area contributed by atoms with E-state index < -0.39 is 11.6 Å². The summed E-state index contributed by atoms with van der Waals surface area (Å²) in [5.41, 5.74) is 2.17. The minimum absolute atomic E-state index is 0.000963. The van der Waals surface area contributed by atoms with Gasteiger partial charge < -0.3 is 15.5 Å². The zero-order valence-electron chi connectivity index (χ0n) is 17.3. The molecule has 0 atom stereocenters. The standard InChI is InChI=1S/C21H23F2N7O/c1-3-30(7-6-24-13-31)21-18(23)20(28-12-29-21)27-11-15-9-17(22)19(26-10-15)16-4-5-25-14(2)8-16/h4-5,8-10,12-13H,3,6-7,11H2,1-2H3,(H,24,31)(H,27,28,29). The van der Waals surface area contributed by atoms with Crippen LogP contribution in [0.25, 0.3) is 11.3 Å². The lowest BCUT2D eigenvalue weighted by Gasteiger charge is -2.22. The smallest absolute Gasteiger partial charge is 0.207 e. The summed E-state index contributed by atoms with van der Waals surface area (Å²) in [5.74, 6) is -0.970. The second kappa shape index (κ2) is 10.4. The Kier molecular flexibility index (Phi) is 7.36. The van der Waals surface area contributed by atoms with Crippen LogP contribution in [0.2, 0.25) is 0 Å². The number of aromatic nitrogens is 4. The van der Waals surface area contributed by atoms with E-state index in [1.54, 1.807) is 23.2 Å². The molecule has 3 aromatic heterocycles. The third-order valence-corrected chi connectivity index (χ3v) is 4.59. The molecule has 0 aliphatic rings. The van der Waals surface area contributed by atoms with Crippen LogP contribution in [0.1, 0.15) is 18.2 Å². The van der Waals surface area contributed by atoms with E-state index >= 15 is 0 Å². The number of hydrogen-bond donors (Lipinski definition) is 2. The zero-order valence-corrected chi connectivity index (χ0v) is 17.3. The zero-order chi connectivity index (χ0) is 22.2. The molecule has 3 heterocycles. The maximum Gasteiger partial charge on any atom is 0.207 e. The molecule has 0 fully saturated rings. The molecule has 0 aromatic carbocycles. The number of amides is 1. The number of carbonyl (C=O) groups excluding carboxylic acids is 1. The fraction of sp³-hybridized carbons (Fsp3) is 0.286. The summed E-state index contributed by atoms with van der Waals surface area (Å²) >= 11 is 0. The van der Waals surface area contributed by atoms with Gasteiger partial charge >= 0.3 is 0 Å². The maximum atomic E-state index is 14.9. The lowest BCUT2D eigenvalue weighted by Crippen LogP contribution is -2.33. The quantitative estimate of drug-likeness (QED) is 0.379. The normalized spacial score (nSPS) is 10.6. The summed E-state index contributed by atoms with van der Waals surface area (Å²) in [6.45, 7) is 5.06. The van der Waals surface area contributed by atoms with Crippen molar-refractivity contribution in [2.75, 3.05) is 29.9 Å². The van der Waals surface area contributed by atoms with E-state index in [1.165, 1.54) is 18.6 Å². The minimum Gasteiger partial charge on any atom is -0.363 e. The first kappa shape index (κ1) is 22.0. The van der Waals surface area contributed by atoms with Crippen molar-refractivity contribution in [2.45, 2.75) is 20.4 Å². The van der Waals surface area contributed by atoms with Crippen molar-refractivity contribution in [2.24, 2.45) is 0 Å². The molecule has 0 radical (unpaired) electrons. The molecule has 31 heavy (non-hydrogen) atoms. The highest BCUT2D eigenvalue weighted by atomic mass is 19.1. The Labute approximate surface area is 178 Å². The number of rotatable bonds is 10. The lowest BCUT2D eigenvalue weighted by atomic mass is 10.1. The van der Waals surface area contributed by atoms with E-state index in [9.17, 15) is 13.6 Å². The summed E-state index contributed by atoms with van der Waals surface area (Å²) < 4.78 is 29.5. The largest absolute Gasteiger partial charge is 0.363 e. The molecule has 2 N–H and O–H groups in total. The molecule has 162 valence electrons. The first-order valence-corrected chi connectivity index (χ1v) is 9.77. The van der Waals surface area contributed by atoms with Crippen LogP contribution in [0.15, 0.2) is 36.9 Å². The molecule has 3 aromatic rings. The van der Waals surface area contributed by atoms with Crippen molar-refractivity contribution in [3.8, 4) is 11.3 Å². The number of carbonyl (C=O) groups is 1. The van der Waals surface area contributed by atoms with Crippen LogP contribution >= 0.6 is 0 Å². The Morgan fingerprint density at radius 1 is 1.16 bits per heavy atom. The number of likely N-dealkylation sites (N-methyl/N-ethyl adjacent to an activating group) is 1. The lowest BCUT2D eigenvalue weighted by molar-refractivity contribution is -0.109. The molecule has 1 amide bonds. The van der Waals surface area contributed by atoms with E-state index in [-0.39, 0.29) is 23.9 Å². The topological polar surface area (TPSA) is 95.9 Å². The van der Waals surface area contributed by atoms with E-state index in [1.807, 2.05) is 13.8 Å². The highest BCUT2D eigenvalue weighted by Crippen LogP contribution is 2.23. The van der Waals surface area contributed by atoms with Gasteiger partial charge in [0.05, 0.1) is 0 Å². The van der Waals surface area contributed by atoms with E-state index in [0.717, 1.165) is 5.69 Å². The van der Waals surface area contributed by atoms with E-state index in [0.29, 0.717) is 37.2 Å². The number of anilines is 2. The van der Waals surface area contributed by atoms with Crippen LogP contribution in [0.4, 0.5) is 20.4 Å². The highest BCUT2D eigenvalue weighted by Gasteiger charge is 2.16. The van der Waals surface area contributed by atoms with Crippen molar-refractivity contribution >= 4 is 18.0 Å². The van der Waals surface area contributed by atoms with Crippen LogP contribution in [-0.2, 0) is 11.3 Å². The van der Waals surface area contributed by atoms with Gasteiger partial charge in [-0.1, -0.05) is 0 Å². The second-order valence-electron chi connectivity index (χ2n) is 6.72. The fourth-order valence-corrected chi connectivity index (χ4v) is 3.04. The summed E-state index contributed by atoms with van der Waals surface area (Å²) in [7, 11) is 0. The second-order valence-corrected chi connectivity index (χ2v) is 6.72. The van der Waals surface area contributed by atoms with Gasteiger partial charge in [0.25, 0.3) is 0 Å². The van der Waals surface area contributed by atoms with Gasteiger partial charge in [-0.05, 0) is 37.6 Å². The van der Waals surface area contributed by atoms with Crippen molar-refractivity contribution in [1.82, 2.24) is 25.3 Å². The molecule has 10 heteroatoms. The van der Waals surface area contributed by atoms with Gasteiger partial charge in [0.1, 0.15) is 17.8 Å². The van der Waals surface area contributed by atoms with Gasteiger partial charge in [0, 0.05) is 49.8 Å². The minimum atomic E-state index is -0.618. The number of halogens is 2. The molecule has 0 saturated heterocycles. The third kappa shape index (κ3) is 5.47. The van der Waals surface area contributed by atoms with E-state index in [2.05, 4.69) is 30.6 Å². The number of hydrogen-bond acceptors (Lipinski definition) is 7.